The van der Waals surface area contributed by atoms with Crippen molar-refractivity contribution in [2.45, 2.75) is 20.0 Å². The van der Waals surface area contributed by atoms with Crippen molar-refractivity contribution in [3.05, 3.63) is 23.3 Å². The van der Waals surface area contributed by atoms with Crippen LogP contribution in [0.5, 0.6) is 5.75 Å². The second-order valence-electron chi connectivity index (χ2n) is 3.97. The zero-order valence-corrected chi connectivity index (χ0v) is 10.6. The van der Waals surface area contributed by atoms with E-state index in [9.17, 15) is 18.0 Å². The summed E-state index contributed by atoms with van der Waals surface area (Å²) in [6, 6.07) is 3.10. The van der Waals surface area contributed by atoms with Gasteiger partial charge in [-0.3, -0.25) is 4.79 Å². The number of benzene rings is 1. The van der Waals surface area contributed by atoms with Gasteiger partial charge >= 0.3 is 12.1 Å². The topological polar surface area (TPSA) is 29.5 Å². The van der Waals surface area contributed by atoms with Crippen molar-refractivity contribution in [2.24, 2.45) is 0 Å². The van der Waals surface area contributed by atoms with E-state index < -0.39 is 12.1 Å². The normalized spacial score (nSPS) is 11.3. The maximum atomic E-state index is 12.4. The highest BCUT2D eigenvalue weighted by atomic mass is 19.4. The van der Waals surface area contributed by atoms with Crippen LogP contribution >= 0.6 is 0 Å². The summed E-state index contributed by atoms with van der Waals surface area (Å²) in [4.78, 5) is 11.7. The molecule has 1 aromatic carbocycles. The van der Waals surface area contributed by atoms with Gasteiger partial charge < -0.3 is 9.64 Å². The van der Waals surface area contributed by atoms with Gasteiger partial charge in [0.05, 0.1) is 12.8 Å². The summed E-state index contributed by atoms with van der Waals surface area (Å²) >= 11 is 0. The fourth-order valence-electron chi connectivity index (χ4n) is 1.50. The van der Waals surface area contributed by atoms with Crippen molar-refractivity contribution in [1.82, 2.24) is 0 Å². The molecule has 0 unspecified atom stereocenters. The molecule has 6 heteroatoms. The van der Waals surface area contributed by atoms with Crippen LogP contribution in [0.1, 0.15) is 11.1 Å². The molecule has 0 atom stereocenters. The molecule has 0 spiro atoms. The van der Waals surface area contributed by atoms with Gasteiger partial charge in [0.1, 0.15) is 5.75 Å². The van der Waals surface area contributed by atoms with E-state index in [2.05, 4.69) is 0 Å². The molecule has 0 fully saturated rings. The molecule has 0 saturated carbocycles. The molecule has 1 aromatic rings. The Morgan fingerprint density at radius 2 is 1.72 bits per heavy atom. The number of rotatable bonds is 2. The summed E-state index contributed by atoms with van der Waals surface area (Å²) in [5.41, 5.74) is 1.76. The van der Waals surface area contributed by atoms with Gasteiger partial charge in [-0.2, -0.15) is 13.2 Å². The smallest absolute Gasteiger partial charge is 0.471 e. The predicted octanol–water partition coefficient (Wildman–Crippen LogP) is 2.84. The van der Waals surface area contributed by atoms with E-state index in [0.29, 0.717) is 4.90 Å². The minimum absolute atomic E-state index is 0.0999. The highest BCUT2D eigenvalue weighted by molar-refractivity contribution is 5.98. The van der Waals surface area contributed by atoms with E-state index in [1.54, 1.807) is 13.0 Å². The molecule has 1 amide bonds. The highest BCUT2D eigenvalue weighted by Gasteiger charge is 2.42. The van der Waals surface area contributed by atoms with Crippen LogP contribution in [-0.2, 0) is 4.79 Å². The lowest BCUT2D eigenvalue weighted by Crippen LogP contribution is -2.38. The number of anilines is 1. The fraction of sp³-hybridized carbons (Fsp3) is 0.417. The third-order valence-electron chi connectivity index (χ3n) is 2.70. The highest BCUT2D eigenvalue weighted by Crippen LogP contribution is 2.32. The number of carbonyl (C=O) groups is 1. The van der Waals surface area contributed by atoms with Crippen molar-refractivity contribution in [1.29, 1.82) is 0 Å². The molecule has 0 saturated heterocycles. The first kappa shape index (κ1) is 14.3. The average Bonchev–Trinajstić information content (AvgIpc) is 2.29. The number of aryl methyl sites for hydroxylation is 2. The molecular weight excluding hydrogens is 247 g/mol. The van der Waals surface area contributed by atoms with E-state index in [0.717, 1.165) is 18.2 Å². The number of carbonyl (C=O) groups excluding carboxylic acids is 1. The van der Waals surface area contributed by atoms with E-state index in [-0.39, 0.29) is 11.4 Å². The lowest BCUT2D eigenvalue weighted by Gasteiger charge is -2.22. The Hall–Kier alpha value is -1.72. The van der Waals surface area contributed by atoms with Crippen LogP contribution in [0.4, 0.5) is 18.9 Å². The first-order chi connectivity index (χ1) is 8.18. The molecule has 18 heavy (non-hydrogen) atoms. The Morgan fingerprint density at radius 1 is 1.22 bits per heavy atom. The third-order valence-corrected chi connectivity index (χ3v) is 2.70. The Morgan fingerprint density at radius 3 is 2.17 bits per heavy atom. The van der Waals surface area contributed by atoms with E-state index in [1.807, 2.05) is 6.92 Å². The maximum absolute atomic E-state index is 12.4. The first-order valence-electron chi connectivity index (χ1n) is 5.18. The van der Waals surface area contributed by atoms with Gasteiger partial charge in [-0.05, 0) is 37.1 Å². The standard InChI is InChI=1S/C12H14F3NO2/c1-7-5-9(10(18-4)6-8(7)2)16(3)11(17)12(13,14)15/h5-6H,1-4H3. The average molecular weight is 261 g/mol. The summed E-state index contributed by atoms with van der Waals surface area (Å²) < 4.78 is 42.1. The molecule has 0 aliphatic carbocycles. The Bertz CT molecular complexity index is 469. The molecule has 100 valence electrons. The summed E-state index contributed by atoms with van der Waals surface area (Å²) in [7, 11) is 2.42. The largest absolute Gasteiger partial charge is 0.495 e. The SMILES string of the molecule is COc1cc(C)c(C)cc1N(C)C(=O)C(F)(F)F. The second kappa shape index (κ2) is 4.88. The van der Waals surface area contributed by atoms with E-state index in [1.165, 1.54) is 13.2 Å². The fourth-order valence-corrected chi connectivity index (χ4v) is 1.50. The molecule has 3 nitrogen and oxygen atoms in total. The molecule has 0 radical (unpaired) electrons. The van der Waals surface area contributed by atoms with Crippen LogP contribution in [0.15, 0.2) is 12.1 Å². The van der Waals surface area contributed by atoms with E-state index in [4.69, 9.17) is 4.74 Å². The van der Waals surface area contributed by atoms with Gasteiger partial charge in [-0.1, -0.05) is 0 Å². The Labute approximate surface area is 103 Å². The Kier molecular flexibility index (Phi) is 3.88. The number of alkyl halides is 3. The number of amides is 1. The molecule has 0 aliphatic rings. The number of ether oxygens (including phenoxy) is 1. The van der Waals surface area contributed by atoms with Crippen LogP contribution < -0.4 is 9.64 Å². The summed E-state index contributed by atoms with van der Waals surface area (Å²) in [6.45, 7) is 3.57. The maximum Gasteiger partial charge on any atom is 0.471 e. The zero-order valence-electron chi connectivity index (χ0n) is 10.6. The van der Waals surface area contributed by atoms with Gasteiger partial charge in [0, 0.05) is 7.05 Å². The van der Waals surface area contributed by atoms with Crippen molar-refractivity contribution in [2.75, 3.05) is 19.1 Å². The lowest BCUT2D eigenvalue weighted by molar-refractivity contribution is -0.170. The monoisotopic (exact) mass is 261 g/mol. The number of nitrogens with zero attached hydrogens (tertiary/aromatic N) is 1. The summed E-state index contributed by atoms with van der Waals surface area (Å²) in [6.07, 6.45) is -4.90. The van der Waals surface area contributed by atoms with Crippen molar-refractivity contribution < 1.29 is 22.7 Å². The van der Waals surface area contributed by atoms with Crippen LogP contribution in [0.25, 0.3) is 0 Å². The minimum Gasteiger partial charge on any atom is -0.495 e. The summed E-state index contributed by atoms with van der Waals surface area (Å²) in [5.74, 6) is -1.69. The van der Waals surface area contributed by atoms with Crippen LogP contribution in [0.3, 0.4) is 0 Å². The molecule has 0 bridgehead atoms. The molecular formula is C12H14F3NO2. The van der Waals surface area contributed by atoms with Crippen molar-refractivity contribution in [3.8, 4) is 5.75 Å². The molecule has 0 N–H and O–H groups in total. The molecule has 0 aromatic heterocycles. The molecule has 0 aliphatic heterocycles. The lowest BCUT2D eigenvalue weighted by atomic mass is 10.1. The Balaban J connectivity index is 3.24. The second-order valence-corrected chi connectivity index (χ2v) is 3.97. The molecule has 1 rings (SSSR count). The van der Waals surface area contributed by atoms with E-state index >= 15 is 0 Å². The van der Waals surface area contributed by atoms with Crippen molar-refractivity contribution >= 4 is 11.6 Å². The number of methoxy groups -OCH3 is 1. The van der Waals surface area contributed by atoms with Gasteiger partial charge in [0.25, 0.3) is 0 Å². The zero-order chi connectivity index (χ0) is 14.1. The van der Waals surface area contributed by atoms with Gasteiger partial charge in [-0.15, -0.1) is 0 Å². The summed E-state index contributed by atoms with van der Waals surface area (Å²) in [5, 5.41) is 0. The predicted molar refractivity (Wildman–Crippen MR) is 61.9 cm³/mol. The first-order valence-corrected chi connectivity index (χ1v) is 5.18. The third kappa shape index (κ3) is 2.75. The van der Waals surface area contributed by atoms with Gasteiger partial charge in [0.15, 0.2) is 0 Å². The van der Waals surface area contributed by atoms with Crippen molar-refractivity contribution in [3.63, 3.8) is 0 Å². The quantitative estimate of drug-likeness (QED) is 0.819. The van der Waals surface area contributed by atoms with Crippen LogP contribution in [0.2, 0.25) is 0 Å². The minimum atomic E-state index is -4.90. The molecule has 0 heterocycles. The van der Waals surface area contributed by atoms with Crippen LogP contribution in [-0.4, -0.2) is 26.2 Å². The number of hydrogen-bond acceptors (Lipinski definition) is 2. The number of halogens is 3. The van der Waals surface area contributed by atoms with Gasteiger partial charge in [0.2, 0.25) is 0 Å². The number of hydrogen-bond donors (Lipinski definition) is 0. The van der Waals surface area contributed by atoms with Gasteiger partial charge in [-0.25, -0.2) is 0 Å². The van der Waals surface area contributed by atoms with Crippen LogP contribution in [0, 0.1) is 13.8 Å².